The van der Waals surface area contributed by atoms with Crippen molar-refractivity contribution in [1.82, 2.24) is 10.4 Å². The van der Waals surface area contributed by atoms with Crippen LogP contribution >= 0.6 is 22.6 Å². The number of amides is 1. The molecule has 172 valence electrons. The number of nitrogens with zero attached hydrogens (tertiary/aromatic N) is 1. The normalized spacial score (nSPS) is 37.8. The van der Waals surface area contributed by atoms with Gasteiger partial charge >= 0.3 is 0 Å². The molecule has 2 bridgehead atoms. The third-order valence-corrected chi connectivity index (χ3v) is 9.46. The zero-order valence-electron chi connectivity index (χ0n) is 18.8. The van der Waals surface area contributed by atoms with Crippen LogP contribution in [0.2, 0.25) is 0 Å². The van der Waals surface area contributed by atoms with E-state index in [1.54, 1.807) is 12.0 Å². The molecule has 2 saturated carbocycles. The zero-order chi connectivity index (χ0) is 22.6. The number of carbonyl (C=O) groups excluding carboxylic acids is 1. The maximum Gasteiger partial charge on any atom is 0.240 e. The summed E-state index contributed by atoms with van der Waals surface area (Å²) >= 11 is 2.26. The van der Waals surface area contributed by atoms with Crippen LogP contribution in [0, 0.1) is 26.2 Å². The Morgan fingerprint density at radius 1 is 1.32 bits per heavy atom. The van der Waals surface area contributed by atoms with Gasteiger partial charge in [0.25, 0.3) is 0 Å². The van der Waals surface area contributed by atoms with Crippen molar-refractivity contribution in [3.63, 3.8) is 0 Å². The third kappa shape index (κ3) is 3.94. The largest absolute Gasteiger partial charge is 0.394 e. The lowest BCUT2D eigenvalue weighted by molar-refractivity contribution is -0.182. The third-order valence-electron chi connectivity index (χ3n) is 8.74. The van der Waals surface area contributed by atoms with Crippen LogP contribution < -0.4 is 5.32 Å². The SMILES string of the molecule is C[C@@H](O)[C@H]1[C@@H](CO)ON(Cc2ccc(I)cc2)[C@H]1C(=O)NC1CC2CCC1(C)C2(C)C. The number of aliphatic hydroxyl groups excluding tert-OH is 2. The first-order valence-electron chi connectivity index (χ1n) is 11.4. The van der Waals surface area contributed by atoms with Gasteiger partial charge in [-0.2, -0.15) is 5.06 Å². The molecule has 1 amide bonds. The molecule has 3 unspecified atom stereocenters. The molecule has 6 nitrogen and oxygen atoms in total. The Bertz CT molecular complexity index is 814. The van der Waals surface area contributed by atoms with Gasteiger partial charge in [-0.1, -0.05) is 32.9 Å². The molecule has 3 N–H and O–H groups in total. The maximum atomic E-state index is 13.6. The number of aliphatic hydroxyl groups is 2. The van der Waals surface area contributed by atoms with Crippen molar-refractivity contribution in [2.45, 2.75) is 77.8 Å². The standard InChI is InChI=1S/C24H35IN2O4/c1-14(29)20-18(13-28)31-27(12-15-5-7-17(25)8-6-15)21(20)22(30)26-19-11-16-9-10-24(19,4)23(16,2)3/h5-8,14,16,18-21,28-29H,9-13H2,1-4H3,(H,26,30)/t14-,16?,18-,19?,20+,21-,24?/m1/s1. The van der Waals surface area contributed by atoms with Gasteiger partial charge in [0, 0.05) is 15.5 Å². The summed E-state index contributed by atoms with van der Waals surface area (Å²) in [6.07, 6.45) is 1.98. The molecule has 4 rings (SSSR count). The Hall–Kier alpha value is -0.740. The van der Waals surface area contributed by atoms with E-state index in [0.29, 0.717) is 12.5 Å². The monoisotopic (exact) mass is 542 g/mol. The lowest BCUT2D eigenvalue weighted by Gasteiger charge is -2.40. The Labute approximate surface area is 198 Å². The van der Waals surface area contributed by atoms with Gasteiger partial charge in [0.1, 0.15) is 12.1 Å². The number of nitrogens with one attached hydrogen (secondary N) is 1. The summed E-state index contributed by atoms with van der Waals surface area (Å²) in [6, 6.07) is 7.55. The lowest BCUT2D eigenvalue weighted by atomic mass is 9.69. The first-order valence-corrected chi connectivity index (χ1v) is 12.4. The van der Waals surface area contributed by atoms with Gasteiger partial charge in [0.15, 0.2) is 0 Å². The number of hydrogen-bond acceptors (Lipinski definition) is 5. The summed E-state index contributed by atoms with van der Waals surface area (Å²) in [4.78, 5) is 19.6. The highest BCUT2D eigenvalue weighted by atomic mass is 127. The van der Waals surface area contributed by atoms with Crippen LogP contribution in [0.1, 0.15) is 52.5 Å². The van der Waals surface area contributed by atoms with Crippen LogP contribution in [0.15, 0.2) is 24.3 Å². The fourth-order valence-electron chi connectivity index (χ4n) is 6.32. The van der Waals surface area contributed by atoms with Gasteiger partial charge in [-0.3, -0.25) is 9.63 Å². The van der Waals surface area contributed by atoms with E-state index < -0.39 is 24.2 Å². The number of hydrogen-bond donors (Lipinski definition) is 3. The Balaban J connectivity index is 1.57. The molecular weight excluding hydrogens is 507 g/mol. The molecule has 1 aromatic rings. The van der Waals surface area contributed by atoms with Crippen molar-refractivity contribution in [3.8, 4) is 0 Å². The van der Waals surface area contributed by atoms with Crippen molar-refractivity contribution in [2.24, 2.45) is 22.7 Å². The highest BCUT2D eigenvalue weighted by Crippen LogP contribution is 2.65. The fraction of sp³-hybridized carbons (Fsp3) is 0.708. The highest BCUT2D eigenvalue weighted by Gasteiger charge is 2.62. The summed E-state index contributed by atoms with van der Waals surface area (Å²) in [6.45, 7) is 8.83. The summed E-state index contributed by atoms with van der Waals surface area (Å²) in [5, 5.41) is 25.4. The minimum Gasteiger partial charge on any atom is -0.394 e. The van der Waals surface area contributed by atoms with Crippen molar-refractivity contribution in [1.29, 1.82) is 0 Å². The molecule has 0 radical (unpaired) electrons. The van der Waals surface area contributed by atoms with E-state index in [2.05, 4.69) is 48.7 Å². The van der Waals surface area contributed by atoms with Crippen LogP contribution in [0.4, 0.5) is 0 Å². The molecule has 3 fully saturated rings. The molecule has 0 aromatic heterocycles. The van der Waals surface area contributed by atoms with Crippen LogP contribution in [0.25, 0.3) is 0 Å². The minimum absolute atomic E-state index is 0.0739. The minimum atomic E-state index is -0.776. The number of fused-ring (bicyclic) bond motifs is 2. The van der Waals surface area contributed by atoms with Gasteiger partial charge in [0.05, 0.1) is 19.3 Å². The smallest absolute Gasteiger partial charge is 0.240 e. The van der Waals surface area contributed by atoms with E-state index in [0.717, 1.165) is 22.0 Å². The molecule has 3 aliphatic rings. The predicted molar refractivity (Wildman–Crippen MR) is 127 cm³/mol. The van der Waals surface area contributed by atoms with E-state index in [1.165, 1.54) is 6.42 Å². The average molecular weight is 542 g/mol. The van der Waals surface area contributed by atoms with Gasteiger partial charge in [0.2, 0.25) is 5.91 Å². The molecular formula is C24H35IN2O4. The number of benzene rings is 1. The Morgan fingerprint density at radius 3 is 2.52 bits per heavy atom. The van der Waals surface area contributed by atoms with Gasteiger partial charge in [-0.25, -0.2) is 0 Å². The molecule has 31 heavy (non-hydrogen) atoms. The fourth-order valence-corrected chi connectivity index (χ4v) is 6.68. The molecule has 0 spiro atoms. The summed E-state index contributed by atoms with van der Waals surface area (Å²) in [5.41, 5.74) is 1.30. The molecule has 1 heterocycles. The van der Waals surface area contributed by atoms with Gasteiger partial charge in [-0.05, 0) is 83.2 Å². The second-order valence-electron chi connectivity index (χ2n) is 10.5. The topological polar surface area (TPSA) is 82.0 Å². The van der Waals surface area contributed by atoms with Crippen molar-refractivity contribution < 1.29 is 19.8 Å². The molecule has 7 heteroatoms. The number of halogens is 1. The van der Waals surface area contributed by atoms with Crippen molar-refractivity contribution in [2.75, 3.05) is 6.61 Å². The number of rotatable bonds is 6. The molecule has 7 atom stereocenters. The van der Waals surface area contributed by atoms with Crippen LogP contribution in [0.5, 0.6) is 0 Å². The van der Waals surface area contributed by atoms with Crippen molar-refractivity contribution >= 4 is 28.5 Å². The molecule has 1 saturated heterocycles. The number of carbonyl (C=O) groups is 1. The number of hydroxylamine groups is 2. The zero-order valence-corrected chi connectivity index (χ0v) is 21.0. The first-order chi connectivity index (χ1) is 14.6. The average Bonchev–Trinajstić information content (AvgIpc) is 3.25. The summed E-state index contributed by atoms with van der Waals surface area (Å²) in [7, 11) is 0. The van der Waals surface area contributed by atoms with E-state index in [9.17, 15) is 15.0 Å². The van der Waals surface area contributed by atoms with E-state index in [4.69, 9.17) is 4.84 Å². The van der Waals surface area contributed by atoms with E-state index in [-0.39, 0.29) is 29.4 Å². The predicted octanol–water partition coefficient (Wildman–Crippen LogP) is 3.10. The van der Waals surface area contributed by atoms with Crippen LogP contribution in [-0.4, -0.2) is 52.1 Å². The summed E-state index contributed by atoms with van der Waals surface area (Å²) < 4.78 is 1.14. The lowest BCUT2D eigenvalue weighted by Crippen LogP contribution is -2.55. The second-order valence-corrected chi connectivity index (χ2v) is 11.7. The highest BCUT2D eigenvalue weighted by molar-refractivity contribution is 14.1. The molecule has 1 aliphatic heterocycles. The summed E-state index contributed by atoms with van der Waals surface area (Å²) in [5.74, 6) is 0.0264. The van der Waals surface area contributed by atoms with Gasteiger partial charge in [-0.15, -0.1) is 0 Å². The Morgan fingerprint density at radius 2 is 2.00 bits per heavy atom. The van der Waals surface area contributed by atoms with Crippen LogP contribution in [0.3, 0.4) is 0 Å². The van der Waals surface area contributed by atoms with E-state index in [1.807, 2.05) is 24.3 Å². The molecule has 1 aromatic carbocycles. The second kappa shape index (κ2) is 8.56. The quantitative estimate of drug-likeness (QED) is 0.482. The maximum absolute atomic E-state index is 13.6. The first kappa shape index (κ1) is 23.4. The Kier molecular flexibility index (Phi) is 6.46. The van der Waals surface area contributed by atoms with E-state index >= 15 is 0 Å². The van der Waals surface area contributed by atoms with Gasteiger partial charge < -0.3 is 15.5 Å². The van der Waals surface area contributed by atoms with Crippen LogP contribution in [-0.2, 0) is 16.2 Å². The van der Waals surface area contributed by atoms with Crippen molar-refractivity contribution in [3.05, 3.63) is 33.4 Å². The molecule has 2 aliphatic carbocycles.